The van der Waals surface area contributed by atoms with Crippen molar-refractivity contribution in [2.45, 2.75) is 155 Å². The Kier molecular flexibility index (Phi) is 16.6. The lowest BCUT2D eigenvalue weighted by Gasteiger charge is -2.45. The number of rotatable bonds is 19. The van der Waals surface area contributed by atoms with E-state index in [-0.39, 0.29) is 34.2 Å². The summed E-state index contributed by atoms with van der Waals surface area (Å²) in [4.78, 5) is 11.7. The summed E-state index contributed by atoms with van der Waals surface area (Å²) in [5.74, 6) is 0.266. The fourth-order valence-corrected chi connectivity index (χ4v) is 13.5. The van der Waals surface area contributed by atoms with Crippen molar-refractivity contribution in [3.63, 3.8) is 0 Å². The summed E-state index contributed by atoms with van der Waals surface area (Å²) < 4.78 is 20.3. The highest BCUT2D eigenvalue weighted by Gasteiger charge is 2.55. The molecule has 2 aromatic rings. The molecule has 1 aliphatic rings. The molecule has 284 valence electrons. The molecule has 0 heterocycles. The third-order valence-electron chi connectivity index (χ3n) is 11.2. The standard InChI is InChI=1S/C44H70O5Si2/c1-11-13-18-30-38-39(33-32-35(45)25-19-14-15-24-31-42(46)47-12-2)41(34-40(38)48-50(9,10)43(3,4)5)49-51(44(6,7)8,36-26-20-16-21-27-36)37-28-22-17-23-29-37/h14,16-17,19-23,26-29,32-33,35,38-41,45H,11-13,15,18,24-25,30-31,34H2,1-10H3/b19-14-,33-32+/t35-,38-,39+,40-,41+/m0/s1. The van der Waals surface area contributed by atoms with Crippen LogP contribution in [0.5, 0.6) is 0 Å². The molecule has 5 nitrogen and oxygen atoms in total. The van der Waals surface area contributed by atoms with E-state index in [2.05, 4.69) is 134 Å². The average Bonchev–Trinajstić information content (AvgIpc) is 3.38. The van der Waals surface area contributed by atoms with Crippen molar-refractivity contribution in [3.05, 3.63) is 85.0 Å². The van der Waals surface area contributed by atoms with Crippen LogP contribution in [0.15, 0.2) is 85.0 Å². The van der Waals surface area contributed by atoms with Gasteiger partial charge in [0.2, 0.25) is 0 Å². The predicted molar refractivity (Wildman–Crippen MR) is 220 cm³/mol. The third kappa shape index (κ3) is 11.8. The number of hydrogen-bond donors (Lipinski definition) is 1. The molecule has 0 saturated heterocycles. The number of aliphatic hydroxyl groups excluding tert-OH is 1. The van der Waals surface area contributed by atoms with E-state index in [4.69, 9.17) is 13.6 Å². The van der Waals surface area contributed by atoms with Crippen molar-refractivity contribution in [1.29, 1.82) is 0 Å². The second-order valence-corrected chi connectivity index (χ2v) is 26.1. The second kappa shape index (κ2) is 19.7. The smallest absolute Gasteiger partial charge is 0.305 e. The minimum absolute atomic E-state index is 0.0560. The first-order chi connectivity index (χ1) is 24.1. The largest absolute Gasteiger partial charge is 0.466 e. The summed E-state index contributed by atoms with van der Waals surface area (Å²) in [6.07, 6.45) is 15.8. The predicted octanol–water partition coefficient (Wildman–Crippen LogP) is 10.1. The lowest BCUT2D eigenvalue weighted by molar-refractivity contribution is -0.143. The van der Waals surface area contributed by atoms with E-state index < -0.39 is 22.7 Å². The number of carbonyl (C=O) groups is 1. The number of benzene rings is 2. The third-order valence-corrected chi connectivity index (χ3v) is 20.7. The zero-order chi connectivity index (χ0) is 37.7. The molecule has 1 saturated carbocycles. The maximum absolute atomic E-state index is 11.7. The Bertz CT molecular complexity index is 1320. The molecule has 7 heteroatoms. The van der Waals surface area contributed by atoms with Crippen LogP contribution in [0, 0.1) is 11.8 Å². The van der Waals surface area contributed by atoms with Gasteiger partial charge in [0.05, 0.1) is 24.9 Å². The molecule has 1 aliphatic carbocycles. The molecule has 1 N–H and O–H groups in total. The van der Waals surface area contributed by atoms with Crippen LogP contribution in [0.1, 0.15) is 113 Å². The molecule has 3 rings (SSSR count). The Balaban J connectivity index is 2.03. The fourth-order valence-electron chi connectivity index (χ4n) is 7.38. The lowest BCUT2D eigenvalue weighted by atomic mass is 9.88. The van der Waals surface area contributed by atoms with E-state index in [1.54, 1.807) is 0 Å². The number of aliphatic hydroxyl groups is 1. The number of unbranched alkanes of at least 4 members (excludes halogenated alkanes) is 3. The van der Waals surface area contributed by atoms with E-state index in [1.807, 2.05) is 19.1 Å². The van der Waals surface area contributed by atoms with Crippen molar-refractivity contribution in [3.8, 4) is 0 Å². The molecule has 2 aromatic carbocycles. The minimum atomic E-state index is -2.84. The monoisotopic (exact) mass is 734 g/mol. The van der Waals surface area contributed by atoms with E-state index in [0.717, 1.165) is 32.1 Å². The average molecular weight is 735 g/mol. The summed E-state index contributed by atoms with van der Waals surface area (Å²) in [5, 5.41) is 13.8. The van der Waals surface area contributed by atoms with Crippen LogP contribution in [-0.2, 0) is 18.4 Å². The fraction of sp³-hybridized carbons (Fsp3) is 0.614. The van der Waals surface area contributed by atoms with E-state index in [0.29, 0.717) is 25.4 Å². The first kappa shape index (κ1) is 43.1. The highest BCUT2D eigenvalue weighted by Crippen LogP contribution is 2.48. The first-order valence-corrected chi connectivity index (χ1v) is 24.5. The van der Waals surface area contributed by atoms with Gasteiger partial charge >= 0.3 is 5.97 Å². The van der Waals surface area contributed by atoms with Crippen molar-refractivity contribution < 1.29 is 23.5 Å². The molecular formula is C44H70O5Si2. The van der Waals surface area contributed by atoms with Gasteiger partial charge in [0.15, 0.2) is 8.32 Å². The van der Waals surface area contributed by atoms with Gasteiger partial charge < -0.3 is 18.7 Å². The van der Waals surface area contributed by atoms with Gasteiger partial charge in [0.25, 0.3) is 8.32 Å². The summed E-state index contributed by atoms with van der Waals surface area (Å²) in [5.41, 5.74) is 0. The Morgan fingerprint density at radius 3 is 1.98 bits per heavy atom. The van der Waals surface area contributed by atoms with Crippen LogP contribution < -0.4 is 10.4 Å². The van der Waals surface area contributed by atoms with Gasteiger partial charge in [-0.25, -0.2) is 0 Å². The maximum Gasteiger partial charge on any atom is 0.305 e. The van der Waals surface area contributed by atoms with Gasteiger partial charge in [0.1, 0.15) is 0 Å². The van der Waals surface area contributed by atoms with Crippen LogP contribution in [0.4, 0.5) is 0 Å². The molecule has 51 heavy (non-hydrogen) atoms. The minimum Gasteiger partial charge on any atom is -0.466 e. The normalized spacial score (nSPS) is 21.1. The number of allylic oxidation sites excluding steroid dienone is 1. The van der Waals surface area contributed by atoms with Crippen LogP contribution >= 0.6 is 0 Å². The summed E-state index contributed by atoms with van der Waals surface area (Å²) in [6, 6.07) is 21.9. The van der Waals surface area contributed by atoms with E-state index >= 15 is 0 Å². The lowest BCUT2D eigenvalue weighted by Crippen LogP contribution is -2.68. The summed E-state index contributed by atoms with van der Waals surface area (Å²) in [7, 11) is -4.92. The van der Waals surface area contributed by atoms with Gasteiger partial charge in [-0.1, -0.05) is 153 Å². The second-order valence-electron chi connectivity index (χ2n) is 17.1. The first-order valence-electron chi connectivity index (χ1n) is 19.7. The quantitative estimate of drug-likeness (QED) is 0.0674. The van der Waals surface area contributed by atoms with Gasteiger partial charge in [0, 0.05) is 12.3 Å². The molecule has 0 aromatic heterocycles. The Hall–Kier alpha value is -2.30. The Morgan fingerprint density at radius 1 is 0.843 bits per heavy atom. The Morgan fingerprint density at radius 2 is 1.45 bits per heavy atom. The number of ether oxygens (including phenoxy) is 1. The van der Waals surface area contributed by atoms with Crippen LogP contribution in [0.2, 0.25) is 23.2 Å². The summed E-state index contributed by atoms with van der Waals surface area (Å²) in [6.45, 7) is 23.3. The highest BCUT2D eigenvalue weighted by molar-refractivity contribution is 6.99. The van der Waals surface area contributed by atoms with Crippen molar-refractivity contribution in [1.82, 2.24) is 0 Å². The van der Waals surface area contributed by atoms with E-state index in [9.17, 15) is 9.90 Å². The number of carbonyl (C=O) groups excluding carboxylic acids is 1. The molecule has 1 fully saturated rings. The molecule has 0 unspecified atom stereocenters. The molecule has 0 aliphatic heterocycles. The van der Waals surface area contributed by atoms with Gasteiger partial charge in [-0.05, 0) is 78.5 Å². The topological polar surface area (TPSA) is 65.0 Å². The van der Waals surface area contributed by atoms with Crippen LogP contribution in [-0.4, -0.2) is 52.6 Å². The molecule has 0 amide bonds. The van der Waals surface area contributed by atoms with Crippen molar-refractivity contribution >= 4 is 33.0 Å². The Labute approximate surface area is 313 Å². The molecule has 0 spiro atoms. The maximum atomic E-state index is 11.7. The number of hydrogen-bond acceptors (Lipinski definition) is 5. The van der Waals surface area contributed by atoms with Gasteiger partial charge in [-0.2, -0.15) is 0 Å². The zero-order valence-corrected chi connectivity index (χ0v) is 35.6. The summed E-state index contributed by atoms with van der Waals surface area (Å²) >= 11 is 0. The molecule has 0 radical (unpaired) electrons. The molecule has 0 bridgehead atoms. The van der Waals surface area contributed by atoms with Crippen molar-refractivity contribution in [2.24, 2.45) is 11.8 Å². The number of esters is 1. The van der Waals surface area contributed by atoms with Gasteiger partial charge in [-0.15, -0.1) is 0 Å². The van der Waals surface area contributed by atoms with Crippen LogP contribution in [0.3, 0.4) is 0 Å². The van der Waals surface area contributed by atoms with Gasteiger partial charge in [-0.3, -0.25) is 4.79 Å². The SMILES string of the molecule is CCCCC[C@H]1[C@@H](/C=C/[C@@H](O)C/C=C\CCCC(=O)OCC)[C@H](O[Si](c2ccccc2)(c2ccccc2)C(C)(C)C)C[C@@H]1O[Si](C)(C)C(C)(C)C. The molecule has 5 atom stereocenters. The zero-order valence-electron chi connectivity index (χ0n) is 33.6. The van der Waals surface area contributed by atoms with E-state index in [1.165, 1.54) is 23.2 Å². The van der Waals surface area contributed by atoms with Crippen LogP contribution in [0.25, 0.3) is 0 Å². The molecular weight excluding hydrogens is 665 g/mol. The van der Waals surface area contributed by atoms with Crippen molar-refractivity contribution in [2.75, 3.05) is 6.61 Å². The highest BCUT2D eigenvalue weighted by atomic mass is 28.4.